The topological polar surface area (TPSA) is 55.1 Å². The van der Waals surface area contributed by atoms with Gasteiger partial charge in [-0.25, -0.2) is 0 Å². The number of rotatable bonds is 2. The first-order valence-corrected chi connectivity index (χ1v) is 6.41. The van der Waals surface area contributed by atoms with Gasteiger partial charge in [0, 0.05) is 11.7 Å². The zero-order valence-electron chi connectivity index (χ0n) is 11.6. The van der Waals surface area contributed by atoms with E-state index in [1.165, 1.54) is 0 Å². The molecule has 0 aliphatic heterocycles. The molecule has 0 atom stereocenters. The number of halogens is 2. The summed E-state index contributed by atoms with van der Waals surface area (Å²) in [4.78, 5) is 12.2. The Bertz CT molecular complexity index is 498. The summed E-state index contributed by atoms with van der Waals surface area (Å²) >= 11 is 6.03. The van der Waals surface area contributed by atoms with E-state index in [1.54, 1.807) is 18.2 Å². The molecular weight excluding hydrogens is 283 g/mol. The van der Waals surface area contributed by atoms with Gasteiger partial charge in [-0.15, -0.1) is 12.4 Å². The molecule has 1 aromatic carbocycles. The molecule has 2 rings (SSSR count). The third-order valence-electron chi connectivity index (χ3n) is 4.53. The van der Waals surface area contributed by atoms with E-state index >= 15 is 0 Å². The normalized spacial score (nSPS) is 19.4. The van der Waals surface area contributed by atoms with Gasteiger partial charge in [0.2, 0.25) is 0 Å². The number of anilines is 1. The summed E-state index contributed by atoms with van der Waals surface area (Å²) in [7, 11) is 0. The SMILES string of the molecule is CC1(C)C(NC(=O)c2ccc(N)cc2Cl)C1(C)C.Cl. The molecule has 3 nitrogen and oxygen atoms in total. The van der Waals surface area contributed by atoms with Gasteiger partial charge in [0.05, 0.1) is 10.6 Å². The molecule has 1 aliphatic rings. The highest BCUT2D eigenvalue weighted by molar-refractivity contribution is 6.34. The second-order valence-corrected chi connectivity index (χ2v) is 6.50. The van der Waals surface area contributed by atoms with Crippen LogP contribution >= 0.6 is 24.0 Å². The highest BCUT2D eigenvalue weighted by Gasteiger charge is 2.65. The number of nitrogen functional groups attached to an aromatic ring is 1. The Morgan fingerprint density at radius 1 is 1.26 bits per heavy atom. The van der Waals surface area contributed by atoms with E-state index < -0.39 is 0 Å². The molecule has 1 saturated carbocycles. The summed E-state index contributed by atoms with van der Waals surface area (Å²) in [5, 5.41) is 3.44. The number of carbonyl (C=O) groups excluding carboxylic acids is 1. The van der Waals surface area contributed by atoms with Crippen LogP contribution in [0.25, 0.3) is 0 Å². The lowest BCUT2D eigenvalue weighted by atomic mass is 10.0. The minimum atomic E-state index is -0.136. The highest BCUT2D eigenvalue weighted by atomic mass is 35.5. The van der Waals surface area contributed by atoms with Crippen molar-refractivity contribution in [2.75, 3.05) is 5.73 Å². The van der Waals surface area contributed by atoms with E-state index in [-0.39, 0.29) is 35.2 Å². The standard InChI is InChI=1S/C14H19ClN2O.ClH/c1-13(2)12(14(13,3)4)17-11(18)9-6-5-8(16)7-10(9)15;/h5-7,12H,16H2,1-4H3,(H,17,18);1H. The Balaban J connectivity index is 0.00000180. The summed E-state index contributed by atoms with van der Waals surface area (Å²) < 4.78 is 0. The number of hydrogen-bond donors (Lipinski definition) is 2. The Labute approximate surface area is 125 Å². The average molecular weight is 303 g/mol. The Kier molecular flexibility index (Phi) is 4.14. The van der Waals surface area contributed by atoms with Gasteiger partial charge in [0.25, 0.3) is 5.91 Å². The third kappa shape index (κ3) is 2.54. The minimum absolute atomic E-state index is 0. The number of carbonyl (C=O) groups is 1. The van der Waals surface area contributed by atoms with Crippen molar-refractivity contribution in [3.63, 3.8) is 0 Å². The Hall–Kier alpha value is -0.930. The molecule has 0 unspecified atom stereocenters. The predicted octanol–water partition coefficient (Wildman–Crippen LogP) is 3.51. The molecule has 1 fully saturated rings. The van der Waals surface area contributed by atoms with Gasteiger partial charge in [0.1, 0.15) is 0 Å². The van der Waals surface area contributed by atoms with E-state index in [2.05, 4.69) is 33.0 Å². The Morgan fingerprint density at radius 3 is 2.21 bits per heavy atom. The van der Waals surface area contributed by atoms with E-state index in [0.29, 0.717) is 16.3 Å². The maximum Gasteiger partial charge on any atom is 0.253 e. The van der Waals surface area contributed by atoms with Crippen LogP contribution in [0.4, 0.5) is 5.69 Å². The van der Waals surface area contributed by atoms with Crippen LogP contribution in [-0.4, -0.2) is 11.9 Å². The molecule has 1 aliphatic carbocycles. The molecular formula is C14H20Cl2N2O. The van der Waals surface area contributed by atoms with Crippen molar-refractivity contribution in [1.82, 2.24) is 5.32 Å². The first-order chi connectivity index (χ1) is 8.18. The van der Waals surface area contributed by atoms with Crippen LogP contribution < -0.4 is 11.1 Å². The molecule has 3 N–H and O–H groups in total. The second kappa shape index (κ2) is 4.88. The van der Waals surface area contributed by atoms with E-state index in [0.717, 1.165) is 0 Å². The third-order valence-corrected chi connectivity index (χ3v) is 4.85. The number of nitrogens with one attached hydrogen (secondary N) is 1. The summed E-state index contributed by atoms with van der Waals surface area (Å²) in [6.45, 7) is 8.62. The summed E-state index contributed by atoms with van der Waals surface area (Å²) in [5.41, 5.74) is 6.87. The first-order valence-electron chi connectivity index (χ1n) is 6.04. The number of amides is 1. The lowest BCUT2D eigenvalue weighted by Crippen LogP contribution is -2.30. The second-order valence-electron chi connectivity index (χ2n) is 6.09. The molecule has 0 heterocycles. The molecule has 0 bridgehead atoms. The van der Waals surface area contributed by atoms with Crippen LogP contribution in [0.2, 0.25) is 5.02 Å². The van der Waals surface area contributed by atoms with Crippen molar-refractivity contribution in [2.45, 2.75) is 33.7 Å². The van der Waals surface area contributed by atoms with Crippen LogP contribution in [-0.2, 0) is 0 Å². The fraction of sp³-hybridized carbons (Fsp3) is 0.500. The molecule has 1 amide bonds. The molecule has 0 radical (unpaired) electrons. The van der Waals surface area contributed by atoms with Gasteiger partial charge in [-0.1, -0.05) is 39.3 Å². The van der Waals surface area contributed by atoms with Gasteiger partial charge in [-0.05, 0) is 29.0 Å². The fourth-order valence-corrected chi connectivity index (χ4v) is 2.76. The van der Waals surface area contributed by atoms with Crippen LogP contribution in [0.1, 0.15) is 38.1 Å². The fourth-order valence-electron chi connectivity index (χ4n) is 2.48. The molecule has 0 aromatic heterocycles. The molecule has 0 spiro atoms. The zero-order chi connectivity index (χ0) is 13.7. The van der Waals surface area contributed by atoms with Crippen molar-refractivity contribution in [3.8, 4) is 0 Å². The molecule has 1 aromatic rings. The van der Waals surface area contributed by atoms with Gasteiger partial charge in [-0.2, -0.15) is 0 Å². The molecule has 5 heteroatoms. The maximum absolute atomic E-state index is 12.2. The van der Waals surface area contributed by atoms with Crippen LogP contribution in [0.15, 0.2) is 18.2 Å². The molecule has 106 valence electrons. The van der Waals surface area contributed by atoms with E-state index in [4.69, 9.17) is 17.3 Å². The van der Waals surface area contributed by atoms with Crippen molar-refractivity contribution < 1.29 is 4.79 Å². The number of hydrogen-bond acceptors (Lipinski definition) is 2. The van der Waals surface area contributed by atoms with Gasteiger partial charge >= 0.3 is 0 Å². The van der Waals surface area contributed by atoms with E-state index in [9.17, 15) is 4.79 Å². The van der Waals surface area contributed by atoms with Gasteiger partial charge < -0.3 is 11.1 Å². The van der Waals surface area contributed by atoms with Gasteiger partial charge in [0.15, 0.2) is 0 Å². The zero-order valence-corrected chi connectivity index (χ0v) is 13.2. The molecule has 19 heavy (non-hydrogen) atoms. The monoisotopic (exact) mass is 302 g/mol. The summed E-state index contributed by atoms with van der Waals surface area (Å²) in [6, 6.07) is 5.12. The predicted molar refractivity (Wildman–Crippen MR) is 81.9 cm³/mol. The van der Waals surface area contributed by atoms with Crippen LogP contribution in [0.3, 0.4) is 0 Å². The number of nitrogens with two attached hydrogens (primary N) is 1. The lowest BCUT2D eigenvalue weighted by molar-refractivity contribution is 0.0944. The van der Waals surface area contributed by atoms with Crippen molar-refractivity contribution in [3.05, 3.63) is 28.8 Å². The van der Waals surface area contributed by atoms with Crippen LogP contribution in [0.5, 0.6) is 0 Å². The van der Waals surface area contributed by atoms with Gasteiger partial charge in [-0.3, -0.25) is 4.79 Å². The van der Waals surface area contributed by atoms with Crippen molar-refractivity contribution >= 4 is 35.6 Å². The van der Waals surface area contributed by atoms with E-state index in [1.807, 2.05) is 0 Å². The largest absolute Gasteiger partial charge is 0.399 e. The Morgan fingerprint density at radius 2 is 1.79 bits per heavy atom. The number of benzene rings is 1. The summed E-state index contributed by atoms with van der Waals surface area (Å²) in [5.74, 6) is -0.136. The smallest absolute Gasteiger partial charge is 0.253 e. The minimum Gasteiger partial charge on any atom is -0.399 e. The maximum atomic E-state index is 12.2. The van der Waals surface area contributed by atoms with Crippen molar-refractivity contribution in [1.29, 1.82) is 0 Å². The van der Waals surface area contributed by atoms with Crippen LogP contribution in [0, 0.1) is 10.8 Å². The average Bonchev–Trinajstić information content (AvgIpc) is 2.60. The summed E-state index contributed by atoms with van der Waals surface area (Å²) in [6.07, 6.45) is 0. The molecule has 0 saturated heterocycles. The highest BCUT2D eigenvalue weighted by Crippen LogP contribution is 2.62. The lowest BCUT2D eigenvalue weighted by Gasteiger charge is -2.08. The quantitative estimate of drug-likeness (QED) is 0.821. The van der Waals surface area contributed by atoms with Crippen molar-refractivity contribution in [2.24, 2.45) is 10.8 Å². The first kappa shape index (κ1) is 16.1.